The number of allylic oxidation sites excluding steroid dienone is 5. The van der Waals surface area contributed by atoms with Gasteiger partial charge in [0.1, 0.15) is 11.5 Å². The Bertz CT molecular complexity index is 1260. The second-order valence-electron chi connectivity index (χ2n) is 9.74. The molecule has 0 radical (unpaired) electrons. The molecule has 0 saturated carbocycles. The molecular weight excluding hydrogens is 444 g/mol. The number of anilines is 3. The third-order valence-corrected chi connectivity index (χ3v) is 6.29. The topological polar surface area (TPSA) is 45.5 Å². The molecule has 1 aliphatic carbocycles. The van der Waals surface area contributed by atoms with Crippen LogP contribution in [-0.2, 0) is 0 Å². The molecule has 3 aromatic rings. The third-order valence-electron chi connectivity index (χ3n) is 6.29. The SMILES string of the molecule is COc1ccc(N(c2ccc(/C=C/C3=CC(=C\C#N)/CC(C)(C)C3)cc2)c2ccc(OC)cc2)cc1. The van der Waals surface area contributed by atoms with Gasteiger partial charge in [0.2, 0.25) is 0 Å². The van der Waals surface area contributed by atoms with Crippen LogP contribution >= 0.6 is 0 Å². The predicted molar refractivity (Wildman–Crippen MR) is 148 cm³/mol. The lowest BCUT2D eigenvalue weighted by Crippen LogP contribution is -2.16. The minimum Gasteiger partial charge on any atom is -0.497 e. The fourth-order valence-corrected chi connectivity index (χ4v) is 4.64. The number of benzene rings is 3. The van der Waals surface area contributed by atoms with Crippen molar-refractivity contribution in [2.75, 3.05) is 19.1 Å². The van der Waals surface area contributed by atoms with Crippen LogP contribution in [-0.4, -0.2) is 14.2 Å². The van der Waals surface area contributed by atoms with Crippen molar-refractivity contribution in [1.29, 1.82) is 5.26 Å². The van der Waals surface area contributed by atoms with Crippen molar-refractivity contribution in [2.45, 2.75) is 26.7 Å². The van der Waals surface area contributed by atoms with Crippen molar-refractivity contribution in [3.05, 3.63) is 108 Å². The molecule has 4 nitrogen and oxygen atoms in total. The van der Waals surface area contributed by atoms with Crippen LogP contribution in [0.1, 0.15) is 32.3 Å². The molecule has 0 bridgehead atoms. The maximum Gasteiger partial charge on any atom is 0.119 e. The monoisotopic (exact) mass is 476 g/mol. The summed E-state index contributed by atoms with van der Waals surface area (Å²) in [7, 11) is 3.35. The number of hydrogen-bond acceptors (Lipinski definition) is 4. The van der Waals surface area contributed by atoms with Crippen molar-refractivity contribution in [3.8, 4) is 17.6 Å². The highest BCUT2D eigenvalue weighted by Gasteiger charge is 2.24. The summed E-state index contributed by atoms with van der Waals surface area (Å²) in [4.78, 5) is 2.21. The lowest BCUT2D eigenvalue weighted by Gasteiger charge is -2.30. The van der Waals surface area contributed by atoms with Gasteiger partial charge in [-0.2, -0.15) is 5.26 Å². The van der Waals surface area contributed by atoms with Crippen LogP contribution < -0.4 is 14.4 Å². The smallest absolute Gasteiger partial charge is 0.119 e. The van der Waals surface area contributed by atoms with E-state index in [1.165, 1.54) is 5.57 Å². The van der Waals surface area contributed by atoms with E-state index in [1.807, 2.05) is 24.3 Å². The number of rotatable bonds is 7. The number of nitriles is 1. The Morgan fingerprint density at radius 3 is 1.72 bits per heavy atom. The first-order chi connectivity index (χ1) is 17.4. The van der Waals surface area contributed by atoms with Crippen molar-refractivity contribution >= 4 is 23.1 Å². The molecule has 0 aliphatic heterocycles. The normalized spacial score (nSPS) is 15.9. The van der Waals surface area contributed by atoms with Gasteiger partial charge in [-0.05, 0) is 95.6 Å². The van der Waals surface area contributed by atoms with Crippen LogP contribution in [0, 0.1) is 16.7 Å². The molecule has 0 amide bonds. The predicted octanol–water partition coefficient (Wildman–Crippen LogP) is 8.38. The van der Waals surface area contributed by atoms with Crippen LogP contribution in [0.4, 0.5) is 17.1 Å². The van der Waals surface area contributed by atoms with Crippen molar-refractivity contribution < 1.29 is 9.47 Å². The first-order valence-electron chi connectivity index (χ1n) is 12.1. The van der Waals surface area contributed by atoms with E-state index in [9.17, 15) is 0 Å². The molecule has 0 fully saturated rings. The molecule has 0 aromatic heterocycles. The Morgan fingerprint density at radius 1 is 0.750 bits per heavy atom. The second-order valence-corrected chi connectivity index (χ2v) is 9.74. The highest BCUT2D eigenvalue weighted by Crippen LogP contribution is 2.39. The number of ether oxygens (including phenoxy) is 2. The van der Waals surface area contributed by atoms with Gasteiger partial charge >= 0.3 is 0 Å². The molecule has 4 rings (SSSR count). The van der Waals surface area contributed by atoms with Gasteiger partial charge in [-0.15, -0.1) is 0 Å². The van der Waals surface area contributed by atoms with Crippen molar-refractivity contribution in [1.82, 2.24) is 0 Å². The molecule has 36 heavy (non-hydrogen) atoms. The van der Waals surface area contributed by atoms with Gasteiger partial charge in [0.25, 0.3) is 0 Å². The maximum atomic E-state index is 9.08. The largest absolute Gasteiger partial charge is 0.497 e. The van der Waals surface area contributed by atoms with Crippen LogP contribution in [0.2, 0.25) is 0 Å². The van der Waals surface area contributed by atoms with E-state index in [2.05, 4.69) is 91.6 Å². The summed E-state index contributed by atoms with van der Waals surface area (Å²) in [6, 6.07) is 26.8. The molecule has 182 valence electrons. The Balaban J connectivity index is 1.62. The molecule has 0 N–H and O–H groups in total. The lowest BCUT2D eigenvalue weighted by molar-refractivity contribution is 0.355. The van der Waals surface area contributed by atoms with E-state index >= 15 is 0 Å². The Hall–Kier alpha value is -4.23. The van der Waals surface area contributed by atoms with Crippen LogP contribution in [0.15, 0.2) is 102 Å². The number of nitrogens with zero attached hydrogens (tertiary/aromatic N) is 2. The van der Waals surface area contributed by atoms with E-state index in [-0.39, 0.29) is 5.41 Å². The zero-order valence-electron chi connectivity index (χ0n) is 21.4. The van der Waals surface area contributed by atoms with E-state index in [0.717, 1.165) is 52.5 Å². The number of methoxy groups -OCH3 is 2. The molecule has 0 spiro atoms. The maximum absolute atomic E-state index is 9.08. The summed E-state index contributed by atoms with van der Waals surface area (Å²) >= 11 is 0. The van der Waals surface area contributed by atoms with Gasteiger partial charge in [-0.25, -0.2) is 0 Å². The summed E-state index contributed by atoms with van der Waals surface area (Å²) in [5, 5.41) is 9.08. The standard InChI is InChI=1S/C32H32N2O2/c1-32(2)22-25(21-26(23-32)19-20-33)6-5-24-7-9-27(10-8-24)34(28-11-15-30(35-3)16-12-28)29-13-17-31(36-4)18-14-29/h5-19,21H,22-23H2,1-4H3/b6-5+,26-19+. The summed E-state index contributed by atoms with van der Waals surface area (Å²) in [6.45, 7) is 4.50. The second kappa shape index (κ2) is 11.0. The summed E-state index contributed by atoms with van der Waals surface area (Å²) < 4.78 is 10.7. The van der Waals surface area contributed by atoms with Crippen LogP contribution in [0.25, 0.3) is 6.08 Å². The van der Waals surface area contributed by atoms with Crippen LogP contribution in [0.3, 0.4) is 0 Å². The molecule has 0 atom stereocenters. The van der Waals surface area contributed by atoms with Crippen LogP contribution in [0.5, 0.6) is 11.5 Å². The summed E-state index contributed by atoms with van der Waals surface area (Å²) in [5.41, 5.74) is 6.75. The Kier molecular flexibility index (Phi) is 7.61. The zero-order valence-corrected chi connectivity index (χ0v) is 21.4. The van der Waals surface area contributed by atoms with Gasteiger partial charge in [0.05, 0.1) is 20.3 Å². The quantitative estimate of drug-likeness (QED) is 0.321. The average molecular weight is 477 g/mol. The number of hydrogen-bond donors (Lipinski definition) is 0. The molecule has 4 heteroatoms. The fraction of sp³-hybridized carbons (Fsp3) is 0.219. The molecule has 0 unspecified atom stereocenters. The molecule has 0 heterocycles. The first-order valence-corrected chi connectivity index (χ1v) is 12.1. The van der Waals surface area contributed by atoms with Gasteiger partial charge in [-0.1, -0.05) is 44.2 Å². The Morgan fingerprint density at radius 2 is 1.25 bits per heavy atom. The van der Waals surface area contributed by atoms with Gasteiger partial charge in [0, 0.05) is 23.1 Å². The molecular formula is C32H32N2O2. The van der Waals surface area contributed by atoms with E-state index in [1.54, 1.807) is 20.3 Å². The zero-order chi connectivity index (χ0) is 25.5. The minimum absolute atomic E-state index is 0.151. The fourth-order valence-electron chi connectivity index (χ4n) is 4.64. The van der Waals surface area contributed by atoms with Gasteiger partial charge in [-0.3, -0.25) is 0 Å². The lowest BCUT2D eigenvalue weighted by atomic mass is 9.75. The van der Waals surface area contributed by atoms with E-state index in [0.29, 0.717) is 0 Å². The third kappa shape index (κ3) is 6.06. The molecule has 3 aromatic carbocycles. The van der Waals surface area contributed by atoms with Crippen molar-refractivity contribution in [2.24, 2.45) is 5.41 Å². The van der Waals surface area contributed by atoms with Crippen molar-refractivity contribution in [3.63, 3.8) is 0 Å². The van der Waals surface area contributed by atoms with Gasteiger partial charge < -0.3 is 14.4 Å². The Labute approximate surface area is 214 Å². The highest BCUT2D eigenvalue weighted by atomic mass is 16.5. The van der Waals surface area contributed by atoms with Gasteiger partial charge in [0.15, 0.2) is 0 Å². The first kappa shape index (κ1) is 24.9. The molecule has 1 aliphatic rings. The van der Waals surface area contributed by atoms with E-state index in [4.69, 9.17) is 14.7 Å². The minimum atomic E-state index is 0.151. The summed E-state index contributed by atoms with van der Waals surface area (Å²) in [5.74, 6) is 1.64. The summed E-state index contributed by atoms with van der Waals surface area (Å²) in [6.07, 6.45) is 10.1. The highest BCUT2D eigenvalue weighted by molar-refractivity contribution is 5.77. The average Bonchev–Trinajstić information content (AvgIpc) is 2.88. The van der Waals surface area contributed by atoms with E-state index < -0.39 is 0 Å². The molecule has 0 saturated heterocycles.